The minimum Gasteiger partial charge on any atom is -0.464 e. The van der Waals surface area contributed by atoms with E-state index in [0.717, 1.165) is 25.7 Å². The number of carbonyl (C=O) groups excluding carboxylic acids is 2. The van der Waals surface area contributed by atoms with Crippen molar-refractivity contribution >= 4 is 11.9 Å². The van der Waals surface area contributed by atoms with Gasteiger partial charge in [0.1, 0.15) is 12.7 Å². The molecule has 0 heterocycles. The lowest BCUT2D eigenvalue weighted by atomic mass is 10.1. The second kappa shape index (κ2) is 23.8. The van der Waals surface area contributed by atoms with E-state index in [0.29, 0.717) is 25.6 Å². The van der Waals surface area contributed by atoms with Gasteiger partial charge in [0.05, 0.1) is 0 Å². The molecule has 33 heavy (non-hydrogen) atoms. The zero-order valence-electron chi connectivity index (χ0n) is 22.2. The molecule has 0 amide bonds. The molecule has 0 aromatic rings. The number of nitrogens with one attached hydrogen (secondary N) is 1. The monoisotopic (exact) mass is 467 g/mol. The average Bonchev–Trinajstić information content (AvgIpc) is 2.78. The normalized spacial score (nSPS) is 12.4. The standard InChI is InChI=1S/C28H53NO4/c1-5-7-9-11-12-13-14-15-17-20-26(19-16-10-8-6-2)33-28(31)22-18-21-27(30)32-24-23-29-25(3)4/h15,17,25-26,29H,5-14,16,18-24H2,1-4H3. The summed E-state index contributed by atoms with van der Waals surface area (Å²) in [5.41, 5.74) is 0. The molecule has 5 heteroatoms. The average molecular weight is 468 g/mol. The Kier molecular flexibility index (Phi) is 22.8. The highest BCUT2D eigenvalue weighted by atomic mass is 16.5. The lowest BCUT2D eigenvalue weighted by Gasteiger charge is -2.16. The van der Waals surface area contributed by atoms with Crippen LogP contribution >= 0.6 is 0 Å². The molecule has 1 atom stereocenters. The highest BCUT2D eigenvalue weighted by Crippen LogP contribution is 2.15. The van der Waals surface area contributed by atoms with Crippen LogP contribution in [0.15, 0.2) is 12.2 Å². The summed E-state index contributed by atoms with van der Waals surface area (Å²) in [6.45, 7) is 9.57. The zero-order valence-corrected chi connectivity index (χ0v) is 22.2. The maximum Gasteiger partial charge on any atom is 0.306 e. The fourth-order valence-electron chi connectivity index (χ4n) is 3.64. The van der Waals surface area contributed by atoms with E-state index in [2.05, 4.69) is 45.2 Å². The number of unbranched alkanes of at least 4 members (excludes halogenated alkanes) is 9. The second-order valence-corrected chi connectivity index (χ2v) is 9.41. The largest absolute Gasteiger partial charge is 0.464 e. The Balaban J connectivity index is 4.13. The van der Waals surface area contributed by atoms with Gasteiger partial charge in [-0.15, -0.1) is 0 Å². The van der Waals surface area contributed by atoms with Gasteiger partial charge in [-0.2, -0.15) is 0 Å². The Labute approximate surface area is 204 Å². The van der Waals surface area contributed by atoms with E-state index in [-0.39, 0.29) is 30.9 Å². The second-order valence-electron chi connectivity index (χ2n) is 9.41. The van der Waals surface area contributed by atoms with Crippen LogP contribution < -0.4 is 5.32 Å². The number of esters is 2. The molecule has 0 spiro atoms. The van der Waals surface area contributed by atoms with Crippen LogP contribution in [0.5, 0.6) is 0 Å². The van der Waals surface area contributed by atoms with Crippen LogP contribution in [0.2, 0.25) is 0 Å². The predicted molar refractivity (Wildman–Crippen MR) is 138 cm³/mol. The van der Waals surface area contributed by atoms with Gasteiger partial charge in [-0.05, 0) is 32.1 Å². The molecule has 0 aliphatic carbocycles. The van der Waals surface area contributed by atoms with Gasteiger partial charge in [-0.25, -0.2) is 0 Å². The third kappa shape index (κ3) is 23.6. The summed E-state index contributed by atoms with van der Waals surface area (Å²) in [5, 5.41) is 3.20. The molecule has 0 aliphatic heterocycles. The summed E-state index contributed by atoms with van der Waals surface area (Å²) < 4.78 is 10.9. The van der Waals surface area contributed by atoms with E-state index in [1.165, 1.54) is 57.8 Å². The van der Waals surface area contributed by atoms with Gasteiger partial charge >= 0.3 is 11.9 Å². The molecule has 1 unspecified atom stereocenters. The first kappa shape index (κ1) is 31.6. The topological polar surface area (TPSA) is 64.6 Å². The molecule has 0 saturated heterocycles. The number of hydrogen-bond acceptors (Lipinski definition) is 5. The molecule has 0 saturated carbocycles. The molecule has 0 aliphatic rings. The first-order valence-corrected chi connectivity index (χ1v) is 13.7. The van der Waals surface area contributed by atoms with Crippen LogP contribution in [0.3, 0.4) is 0 Å². The van der Waals surface area contributed by atoms with Gasteiger partial charge in [-0.1, -0.05) is 91.2 Å². The van der Waals surface area contributed by atoms with Crippen LogP contribution in [-0.4, -0.2) is 37.2 Å². The van der Waals surface area contributed by atoms with Gasteiger partial charge in [0.2, 0.25) is 0 Å². The van der Waals surface area contributed by atoms with Crippen LogP contribution in [0.1, 0.15) is 130 Å². The number of carbonyl (C=O) groups is 2. The van der Waals surface area contributed by atoms with Crippen LogP contribution in [0, 0.1) is 0 Å². The van der Waals surface area contributed by atoms with Gasteiger partial charge in [0.15, 0.2) is 0 Å². The Morgan fingerprint density at radius 1 is 0.788 bits per heavy atom. The third-order valence-electron chi connectivity index (χ3n) is 5.65. The van der Waals surface area contributed by atoms with Crippen molar-refractivity contribution in [2.75, 3.05) is 13.2 Å². The quantitative estimate of drug-likeness (QED) is 0.0972. The summed E-state index contributed by atoms with van der Waals surface area (Å²) in [6.07, 6.45) is 20.8. The molecule has 1 N–H and O–H groups in total. The fourth-order valence-corrected chi connectivity index (χ4v) is 3.64. The van der Waals surface area contributed by atoms with Gasteiger partial charge in [0, 0.05) is 31.8 Å². The van der Waals surface area contributed by atoms with Gasteiger partial charge < -0.3 is 14.8 Å². The Morgan fingerprint density at radius 3 is 2.12 bits per heavy atom. The minimum atomic E-state index is -0.248. The molecule has 0 bridgehead atoms. The fraction of sp³-hybridized carbons (Fsp3) is 0.857. The van der Waals surface area contributed by atoms with E-state index in [1.807, 2.05) is 0 Å². The summed E-state index contributed by atoms with van der Waals surface area (Å²) in [4.78, 5) is 24.1. The molecular formula is C28H53NO4. The molecule has 5 nitrogen and oxygen atoms in total. The summed E-state index contributed by atoms with van der Waals surface area (Å²) >= 11 is 0. The van der Waals surface area contributed by atoms with Gasteiger partial charge in [0.25, 0.3) is 0 Å². The van der Waals surface area contributed by atoms with Crippen molar-refractivity contribution in [3.63, 3.8) is 0 Å². The lowest BCUT2D eigenvalue weighted by molar-refractivity contribution is -0.149. The third-order valence-corrected chi connectivity index (χ3v) is 5.65. The maximum absolute atomic E-state index is 12.3. The highest BCUT2D eigenvalue weighted by Gasteiger charge is 2.14. The van der Waals surface area contributed by atoms with Crippen LogP contribution in [0.4, 0.5) is 0 Å². The number of allylic oxidation sites excluding steroid dienone is 1. The minimum absolute atomic E-state index is 0.0516. The molecule has 0 aromatic carbocycles. The van der Waals surface area contributed by atoms with E-state index < -0.39 is 0 Å². The number of ether oxygens (including phenoxy) is 2. The van der Waals surface area contributed by atoms with E-state index in [4.69, 9.17) is 9.47 Å². The predicted octanol–water partition coefficient (Wildman–Crippen LogP) is 7.28. The van der Waals surface area contributed by atoms with E-state index >= 15 is 0 Å². The van der Waals surface area contributed by atoms with Crippen molar-refractivity contribution in [1.29, 1.82) is 0 Å². The highest BCUT2D eigenvalue weighted by molar-refractivity contribution is 5.72. The number of hydrogen-bond donors (Lipinski definition) is 1. The molecule has 0 rings (SSSR count). The van der Waals surface area contributed by atoms with E-state index in [9.17, 15) is 9.59 Å². The summed E-state index contributed by atoms with van der Waals surface area (Å²) in [6, 6.07) is 0.374. The maximum atomic E-state index is 12.3. The Hall–Kier alpha value is -1.36. The van der Waals surface area contributed by atoms with Crippen molar-refractivity contribution in [2.45, 2.75) is 143 Å². The van der Waals surface area contributed by atoms with Crippen molar-refractivity contribution < 1.29 is 19.1 Å². The molecule has 194 valence electrons. The summed E-state index contributed by atoms with van der Waals surface area (Å²) in [7, 11) is 0. The van der Waals surface area contributed by atoms with Crippen molar-refractivity contribution in [3.05, 3.63) is 12.2 Å². The SMILES string of the molecule is CCCCCCCCC=CCC(CCCCCC)OC(=O)CCCC(=O)OCCNC(C)C. The van der Waals surface area contributed by atoms with Gasteiger partial charge in [-0.3, -0.25) is 9.59 Å². The van der Waals surface area contributed by atoms with Crippen molar-refractivity contribution in [1.82, 2.24) is 5.32 Å². The zero-order chi connectivity index (χ0) is 24.6. The molecular weight excluding hydrogens is 414 g/mol. The summed E-state index contributed by atoms with van der Waals surface area (Å²) in [5.74, 6) is -0.448. The molecule has 0 fully saturated rings. The lowest BCUT2D eigenvalue weighted by Crippen LogP contribution is -2.27. The Morgan fingerprint density at radius 2 is 1.42 bits per heavy atom. The smallest absolute Gasteiger partial charge is 0.306 e. The first-order valence-electron chi connectivity index (χ1n) is 13.7. The van der Waals surface area contributed by atoms with Crippen molar-refractivity contribution in [3.8, 4) is 0 Å². The van der Waals surface area contributed by atoms with Crippen LogP contribution in [-0.2, 0) is 19.1 Å². The molecule has 0 aromatic heterocycles. The van der Waals surface area contributed by atoms with Crippen LogP contribution in [0.25, 0.3) is 0 Å². The van der Waals surface area contributed by atoms with E-state index in [1.54, 1.807) is 0 Å². The van der Waals surface area contributed by atoms with Crippen molar-refractivity contribution in [2.24, 2.45) is 0 Å². The first-order chi connectivity index (χ1) is 16.0. The number of rotatable bonds is 23. The molecule has 0 radical (unpaired) electrons. The Bertz CT molecular complexity index is 490.